The van der Waals surface area contributed by atoms with Crippen LogP contribution in [0.25, 0.3) is 0 Å². The number of carbonyl (C=O) groups is 3. The first kappa shape index (κ1) is 20.6. The average molecular weight is 403 g/mol. The number of Topliss-reactive ketones (excluding diaryl/α,β-unsaturated/α-hetero) is 1. The summed E-state index contributed by atoms with van der Waals surface area (Å²) in [4.78, 5) is 36.0. The molecule has 0 bridgehead atoms. The third-order valence-corrected chi connectivity index (χ3v) is 9.01. The number of esters is 2. The van der Waals surface area contributed by atoms with Crippen molar-refractivity contribution < 1.29 is 23.9 Å². The van der Waals surface area contributed by atoms with Crippen LogP contribution in [0.15, 0.2) is 11.6 Å². The highest BCUT2D eigenvalue weighted by molar-refractivity contribution is 5.83. The van der Waals surface area contributed by atoms with Crippen LogP contribution in [0.3, 0.4) is 0 Å². The molecule has 4 aliphatic rings. The average Bonchev–Trinajstić information content (AvgIpc) is 2.93. The molecule has 5 heteroatoms. The standard InChI is InChI=1S/C24H34O5/c1-13-10-17(27)11-16-12-20(28-14(2)25)22-18-6-7-21(29-15(3)26)23(18,4)9-8-19(22)24(13,16)5/h12-13,18-22H,6-11H2,1-5H3/t13-,18-,19-,20-,21-,22-,23-,24-/m0/s1. The minimum Gasteiger partial charge on any atom is -0.462 e. The molecule has 0 aromatic rings. The van der Waals surface area contributed by atoms with Crippen LogP contribution in [0.4, 0.5) is 0 Å². The predicted molar refractivity (Wildman–Crippen MR) is 108 cm³/mol. The lowest BCUT2D eigenvalue weighted by atomic mass is 9.45. The molecule has 0 radical (unpaired) electrons. The minimum atomic E-state index is -0.292. The molecule has 0 amide bonds. The van der Waals surface area contributed by atoms with Crippen molar-refractivity contribution in [2.45, 2.75) is 85.4 Å². The van der Waals surface area contributed by atoms with Crippen LogP contribution in [-0.4, -0.2) is 29.9 Å². The van der Waals surface area contributed by atoms with Gasteiger partial charge in [0.1, 0.15) is 18.0 Å². The van der Waals surface area contributed by atoms with E-state index in [1.54, 1.807) is 0 Å². The first-order valence-corrected chi connectivity index (χ1v) is 11.1. The maximum Gasteiger partial charge on any atom is 0.303 e. The Balaban J connectivity index is 1.76. The van der Waals surface area contributed by atoms with Gasteiger partial charge in [0.05, 0.1) is 0 Å². The largest absolute Gasteiger partial charge is 0.462 e. The van der Waals surface area contributed by atoms with Crippen molar-refractivity contribution in [2.75, 3.05) is 0 Å². The fourth-order valence-corrected chi connectivity index (χ4v) is 7.50. The molecular formula is C24H34O5. The predicted octanol–water partition coefficient (Wildman–Crippen LogP) is 4.24. The normalized spacial score (nSPS) is 46.1. The minimum absolute atomic E-state index is 0.0317. The van der Waals surface area contributed by atoms with Gasteiger partial charge in [-0.25, -0.2) is 0 Å². The summed E-state index contributed by atoms with van der Waals surface area (Å²) in [7, 11) is 0. The van der Waals surface area contributed by atoms with Gasteiger partial charge in [-0.1, -0.05) is 26.3 Å². The molecule has 0 saturated heterocycles. The topological polar surface area (TPSA) is 69.7 Å². The molecular weight excluding hydrogens is 368 g/mol. The number of hydrogen-bond acceptors (Lipinski definition) is 5. The third-order valence-electron chi connectivity index (χ3n) is 9.01. The summed E-state index contributed by atoms with van der Waals surface area (Å²) >= 11 is 0. The first-order chi connectivity index (χ1) is 13.6. The Labute approximate surface area is 173 Å². The second kappa shape index (κ2) is 6.95. The van der Waals surface area contributed by atoms with Crippen molar-refractivity contribution in [3.05, 3.63) is 11.6 Å². The van der Waals surface area contributed by atoms with E-state index in [-0.39, 0.29) is 52.6 Å². The van der Waals surface area contributed by atoms with Gasteiger partial charge in [0.15, 0.2) is 0 Å². The molecule has 5 nitrogen and oxygen atoms in total. The summed E-state index contributed by atoms with van der Waals surface area (Å²) in [5.74, 6) is 1.02. The molecule has 0 spiro atoms. The molecule has 8 atom stereocenters. The fraction of sp³-hybridized carbons (Fsp3) is 0.792. The van der Waals surface area contributed by atoms with Crippen molar-refractivity contribution in [3.63, 3.8) is 0 Å². The number of rotatable bonds is 2. The smallest absolute Gasteiger partial charge is 0.303 e. The Hall–Kier alpha value is -1.65. The number of ether oxygens (including phenoxy) is 2. The molecule has 4 aliphatic carbocycles. The highest BCUT2D eigenvalue weighted by atomic mass is 16.5. The van der Waals surface area contributed by atoms with E-state index in [9.17, 15) is 14.4 Å². The summed E-state index contributed by atoms with van der Waals surface area (Å²) in [6, 6.07) is 0. The molecule has 0 unspecified atom stereocenters. The van der Waals surface area contributed by atoms with E-state index in [2.05, 4.69) is 26.8 Å². The first-order valence-electron chi connectivity index (χ1n) is 11.1. The van der Waals surface area contributed by atoms with Gasteiger partial charge in [-0.05, 0) is 54.9 Å². The zero-order valence-electron chi connectivity index (χ0n) is 18.3. The molecule has 0 N–H and O–H groups in total. The lowest BCUT2D eigenvalue weighted by Crippen LogP contribution is -2.57. The second-order valence-electron chi connectivity index (χ2n) is 10.4. The fourth-order valence-electron chi connectivity index (χ4n) is 7.50. The molecule has 0 aromatic heterocycles. The summed E-state index contributed by atoms with van der Waals surface area (Å²) in [5, 5.41) is 0. The molecule has 4 rings (SSSR count). The van der Waals surface area contributed by atoms with Crippen LogP contribution >= 0.6 is 0 Å². The van der Waals surface area contributed by atoms with Crippen LogP contribution in [0.2, 0.25) is 0 Å². The van der Waals surface area contributed by atoms with Gasteiger partial charge >= 0.3 is 11.9 Å². The summed E-state index contributed by atoms with van der Waals surface area (Å²) < 4.78 is 11.6. The summed E-state index contributed by atoms with van der Waals surface area (Å²) in [6.45, 7) is 9.75. The Kier molecular flexibility index (Phi) is 4.94. The highest BCUT2D eigenvalue weighted by Crippen LogP contribution is 2.66. The lowest BCUT2D eigenvalue weighted by molar-refractivity contribution is -0.167. The van der Waals surface area contributed by atoms with Crippen LogP contribution in [0.1, 0.15) is 73.1 Å². The van der Waals surface area contributed by atoms with E-state index in [0.717, 1.165) is 25.7 Å². The molecule has 160 valence electrons. The maximum absolute atomic E-state index is 12.3. The third kappa shape index (κ3) is 3.07. The molecule has 0 aromatic carbocycles. The summed E-state index contributed by atoms with van der Waals surface area (Å²) in [5.41, 5.74) is 1.06. The zero-order chi connectivity index (χ0) is 21.1. The monoisotopic (exact) mass is 402 g/mol. The van der Waals surface area contributed by atoms with Gasteiger partial charge in [-0.15, -0.1) is 0 Å². The second-order valence-corrected chi connectivity index (χ2v) is 10.4. The van der Waals surface area contributed by atoms with Gasteiger partial charge in [0, 0.05) is 38.0 Å². The van der Waals surface area contributed by atoms with E-state index in [0.29, 0.717) is 24.7 Å². The van der Waals surface area contributed by atoms with Crippen molar-refractivity contribution in [3.8, 4) is 0 Å². The molecule has 29 heavy (non-hydrogen) atoms. The van der Waals surface area contributed by atoms with Crippen LogP contribution in [0.5, 0.6) is 0 Å². The van der Waals surface area contributed by atoms with Crippen LogP contribution in [-0.2, 0) is 23.9 Å². The maximum atomic E-state index is 12.3. The summed E-state index contributed by atoms with van der Waals surface area (Å²) in [6.07, 6.45) is 6.76. The number of ketones is 1. The number of fused-ring (bicyclic) bond motifs is 5. The van der Waals surface area contributed by atoms with E-state index in [1.165, 1.54) is 19.4 Å². The molecule has 0 heterocycles. The van der Waals surface area contributed by atoms with Gasteiger partial charge in [-0.3, -0.25) is 14.4 Å². The Morgan fingerprint density at radius 1 is 1.03 bits per heavy atom. The Morgan fingerprint density at radius 3 is 2.38 bits per heavy atom. The van der Waals surface area contributed by atoms with Crippen molar-refractivity contribution in [1.29, 1.82) is 0 Å². The number of allylic oxidation sites excluding steroid dienone is 1. The SMILES string of the molecule is CC(=O)O[C@H]1C=C2CC(=O)C[C@H](C)[C@]2(C)[C@H]2CC[C@]3(C)[C@@H](OC(C)=O)CC[C@H]3[C@H]12. The molecule has 0 aliphatic heterocycles. The quantitative estimate of drug-likeness (QED) is 0.510. The van der Waals surface area contributed by atoms with E-state index in [1.807, 2.05) is 0 Å². The van der Waals surface area contributed by atoms with E-state index < -0.39 is 0 Å². The van der Waals surface area contributed by atoms with E-state index in [4.69, 9.17) is 9.47 Å². The zero-order valence-corrected chi connectivity index (χ0v) is 18.3. The van der Waals surface area contributed by atoms with Gasteiger partial charge in [0.25, 0.3) is 0 Å². The van der Waals surface area contributed by atoms with Gasteiger partial charge in [-0.2, -0.15) is 0 Å². The number of hydrogen-bond donors (Lipinski definition) is 0. The Morgan fingerprint density at radius 2 is 1.72 bits per heavy atom. The van der Waals surface area contributed by atoms with Gasteiger partial charge in [0.2, 0.25) is 0 Å². The van der Waals surface area contributed by atoms with Crippen LogP contribution in [0, 0.1) is 34.5 Å². The lowest BCUT2D eigenvalue weighted by Gasteiger charge is -2.60. The molecule has 3 saturated carbocycles. The van der Waals surface area contributed by atoms with Crippen molar-refractivity contribution >= 4 is 17.7 Å². The van der Waals surface area contributed by atoms with Crippen LogP contribution < -0.4 is 0 Å². The highest BCUT2D eigenvalue weighted by Gasteiger charge is 2.63. The number of carbonyl (C=O) groups excluding carboxylic acids is 3. The Bertz CT molecular complexity index is 769. The van der Waals surface area contributed by atoms with Crippen molar-refractivity contribution in [1.82, 2.24) is 0 Å². The van der Waals surface area contributed by atoms with Crippen molar-refractivity contribution in [2.24, 2.45) is 34.5 Å². The van der Waals surface area contributed by atoms with Gasteiger partial charge < -0.3 is 9.47 Å². The van der Waals surface area contributed by atoms with E-state index >= 15 is 0 Å². The molecule has 3 fully saturated rings.